The molecule has 0 spiro atoms. The molecule has 0 bridgehead atoms. The number of hydrogen-bond acceptors (Lipinski definition) is 7. The molecule has 0 radical (unpaired) electrons. The van der Waals surface area contributed by atoms with Gasteiger partial charge in [-0.2, -0.15) is 12.6 Å². The maximum absolute atomic E-state index is 12.9. The van der Waals surface area contributed by atoms with Gasteiger partial charge in [0.15, 0.2) is 0 Å². The number of amides is 3. The van der Waals surface area contributed by atoms with E-state index in [4.69, 9.17) is 11.5 Å². The van der Waals surface area contributed by atoms with Gasteiger partial charge >= 0.3 is 5.97 Å². The first kappa shape index (κ1) is 30.4. The summed E-state index contributed by atoms with van der Waals surface area (Å²) in [5, 5.41) is 17.2. The second-order valence-corrected chi connectivity index (χ2v) is 8.96. The number of nitrogens with one attached hydrogen (secondary N) is 3. The van der Waals surface area contributed by atoms with E-state index in [1.165, 1.54) is 0 Å². The highest BCUT2D eigenvalue weighted by molar-refractivity contribution is 7.80. The lowest BCUT2D eigenvalue weighted by Crippen LogP contribution is -2.58. The lowest BCUT2D eigenvalue weighted by Gasteiger charge is -2.26. The highest BCUT2D eigenvalue weighted by Crippen LogP contribution is 2.10. The van der Waals surface area contributed by atoms with Crippen LogP contribution in [-0.2, 0) is 25.6 Å². The number of hydrogen-bond donors (Lipinski definition) is 7. The van der Waals surface area contributed by atoms with Crippen molar-refractivity contribution < 1.29 is 24.3 Å². The zero-order valence-electron chi connectivity index (χ0n) is 20.4. The molecule has 0 aliphatic rings. The Morgan fingerprint density at radius 3 is 2.11 bits per heavy atom. The number of rotatable bonds is 16. The Hall–Kier alpha value is -2.63. The maximum Gasteiger partial charge on any atom is 0.326 e. The molecular formula is C24H39N5O5S. The summed E-state index contributed by atoms with van der Waals surface area (Å²) in [7, 11) is 0. The van der Waals surface area contributed by atoms with Gasteiger partial charge in [0.05, 0.1) is 6.04 Å². The minimum atomic E-state index is -1.15. The SMILES string of the molecule is CCC(C)C(NC(=O)C(CCCCN)NC(=O)C(CS)NC(=O)C(N)Cc1ccccc1)C(=O)O. The van der Waals surface area contributed by atoms with Crippen molar-refractivity contribution in [3.8, 4) is 0 Å². The standard InChI is InChI=1S/C24H39N5O5S/c1-3-15(2)20(24(33)34)29-22(31)18(11-7-8-12-25)27-23(32)19(14-35)28-21(30)17(26)13-16-9-5-4-6-10-16/h4-6,9-10,15,17-20,35H,3,7-8,11-14,25-26H2,1-2H3,(H,27,32)(H,28,30)(H,29,31)(H,33,34). The maximum atomic E-state index is 12.9. The average molecular weight is 510 g/mol. The first-order valence-electron chi connectivity index (χ1n) is 11.9. The van der Waals surface area contributed by atoms with Crippen LogP contribution in [-0.4, -0.2) is 65.3 Å². The molecule has 0 aliphatic carbocycles. The van der Waals surface area contributed by atoms with Crippen molar-refractivity contribution in [2.45, 2.75) is 70.1 Å². The van der Waals surface area contributed by atoms with Crippen molar-refractivity contribution in [1.82, 2.24) is 16.0 Å². The van der Waals surface area contributed by atoms with E-state index in [-0.39, 0.29) is 18.1 Å². The Bertz CT molecular complexity index is 826. The predicted molar refractivity (Wildman–Crippen MR) is 138 cm³/mol. The number of carboxylic acids is 1. The summed E-state index contributed by atoms with van der Waals surface area (Å²) in [5.74, 6) is -3.19. The summed E-state index contributed by atoms with van der Waals surface area (Å²) >= 11 is 4.17. The van der Waals surface area contributed by atoms with E-state index in [1.807, 2.05) is 37.3 Å². The Balaban J connectivity index is 2.85. The molecule has 1 aromatic rings. The summed E-state index contributed by atoms with van der Waals surface area (Å²) < 4.78 is 0. The zero-order chi connectivity index (χ0) is 26.4. The second-order valence-electron chi connectivity index (χ2n) is 8.60. The molecule has 0 aliphatic heterocycles. The smallest absolute Gasteiger partial charge is 0.326 e. The third kappa shape index (κ3) is 10.7. The van der Waals surface area contributed by atoms with Crippen LogP contribution in [0, 0.1) is 5.92 Å². The van der Waals surface area contributed by atoms with E-state index in [0.29, 0.717) is 32.2 Å². The summed E-state index contributed by atoms with van der Waals surface area (Å²) in [4.78, 5) is 50.0. The number of carbonyl (C=O) groups excluding carboxylic acids is 3. The van der Waals surface area contributed by atoms with Crippen LogP contribution in [0.3, 0.4) is 0 Å². The van der Waals surface area contributed by atoms with Crippen LogP contribution in [0.5, 0.6) is 0 Å². The molecule has 0 heterocycles. The number of carboxylic acid groups (broad SMARTS) is 1. The van der Waals surface area contributed by atoms with E-state index >= 15 is 0 Å². The number of unbranched alkanes of at least 4 members (excludes halogenated alkanes) is 1. The van der Waals surface area contributed by atoms with Crippen molar-refractivity contribution >= 4 is 36.3 Å². The van der Waals surface area contributed by atoms with E-state index in [9.17, 15) is 24.3 Å². The Morgan fingerprint density at radius 1 is 0.971 bits per heavy atom. The van der Waals surface area contributed by atoms with Gasteiger partial charge in [-0.15, -0.1) is 0 Å². The number of carbonyl (C=O) groups is 4. The van der Waals surface area contributed by atoms with Crippen molar-refractivity contribution in [3.05, 3.63) is 35.9 Å². The van der Waals surface area contributed by atoms with Gasteiger partial charge in [0.25, 0.3) is 0 Å². The lowest BCUT2D eigenvalue weighted by atomic mass is 9.98. The molecule has 35 heavy (non-hydrogen) atoms. The van der Waals surface area contributed by atoms with Gasteiger partial charge in [-0.05, 0) is 43.7 Å². The first-order chi connectivity index (χ1) is 16.6. The van der Waals surface area contributed by atoms with Crippen LogP contribution >= 0.6 is 12.6 Å². The lowest BCUT2D eigenvalue weighted by molar-refractivity contribution is -0.143. The van der Waals surface area contributed by atoms with Crippen LogP contribution in [0.15, 0.2) is 30.3 Å². The molecule has 0 saturated heterocycles. The minimum absolute atomic E-state index is 0.0165. The molecule has 3 amide bonds. The minimum Gasteiger partial charge on any atom is -0.480 e. The monoisotopic (exact) mass is 509 g/mol. The molecule has 196 valence electrons. The highest BCUT2D eigenvalue weighted by Gasteiger charge is 2.31. The highest BCUT2D eigenvalue weighted by atomic mass is 32.1. The van der Waals surface area contributed by atoms with Crippen molar-refractivity contribution in [3.63, 3.8) is 0 Å². The molecular weight excluding hydrogens is 470 g/mol. The van der Waals surface area contributed by atoms with Crippen LogP contribution in [0.4, 0.5) is 0 Å². The third-order valence-electron chi connectivity index (χ3n) is 5.81. The molecule has 1 aromatic carbocycles. The van der Waals surface area contributed by atoms with Crippen molar-refractivity contribution in [2.24, 2.45) is 17.4 Å². The van der Waals surface area contributed by atoms with Crippen LogP contribution in [0.2, 0.25) is 0 Å². The topological polar surface area (TPSA) is 177 Å². The number of benzene rings is 1. The van der Waals surface area contributed by atoms with Crippen LogP contribution in [0.1, 0.15) is 45.1 Å². The number of nitrogens with two attached hydrogens (primary N) is 2. The fraction of sp³-hybridized carbons (Fsp3) is 0.583. The molecule has 11 heteroatoms. The summed E-state index contributed by atoms with van der Waals surface area (Å²) in [6.07, 6.45) is 2.30. The van der Waals surface area contributed by atoms with E-state index in [2.05, 4.69) is 28.6 Å². The number of thiol groups is 1. The molecule has 5 atom stereocenters. The fourth-order valence-corrected chi connectivity index (χ4v) is 3.66. The average Bonchev–Trinajstić information content (AvgIpc) is 2.84. The van der Waals surface area contributed by atoms with E-state index in [1.54, 1.807) is 6.92 Å². The first-order valence-corrected chi connectivity index (χ1v) is 12.5. The Kier molecular flexibility index (Phi) is 14.0. The van der Waals surface area contributed by atoms with Crippen LogP contribution in [0.25, 0.3) is 0 Å². The van der Waals surface area contributed by atoms with E-state index in [0.717, 1.165) is 5.56 Å². The molecule has 0 saturated carbocycles. The van der Waals surface area contributed by atoms with Crippen molar-refractivity contribution in [1.29, 1.82) is 0 Å². The Labute approximate surface area is 212 Å². The van der Waals surface area contributed by atoms with Gasteiger partial charge in [0, 0.05) is 5.75 Å². The Morgan fingerprint density at radius 2 is 1.57 bits per heavy atom. The summed E-state index contributed by atoms with van der Waals surface area (Å²) in [6, 6.07) is 5.28. The second kappa shape index (κ2) is 16.1. The summed E-state index contributed by atoms with van der Waals surface area (Å²) in [6.45, 7) is 3.98. The normalized spacial score (nSPS) is 15.2. The van der Waals surface area contributed by atoms with Gasteiger partial charge in [0.1, 0.15) is 18.1 Å². The molecule has 10 nitrogen and oxygen atoms in total. The van der Waals surface area contributed by atoms with Gasteiger partial charge in [-0.1, -0.05) is 50.6 Å². The number of aliphatic carboxylic acids is 1. The molecule has 8 N–H and O–H groups in total. The third-order valence-corrected chi connectivity index (χ3v) is 6.17. The quantitative estimate of drug-likeness (QED) is 0.123. The van der Waals surface area contributed by atoms with Gasteiger partial charge < -0.3 is 32.5 Å². The molecule has 0 aromatic heterocycles. The van der Waals surface area contributed by atoms with Gasteiger partial charge in [0.2, 0.25) is 17.7 Å². The largest absolute Gasteiger partial charge is 0.480 e. The molecule has 1 rings (SSSR count). The molecule has 5 unspecified atom stereocenters. The molecule has 0 fully saturated rings. The fourth-order valence-electron chi connectivity index (χ4n) is 3.40. The zero-order valence-corrected chi connectivity index (χ0v) is 21.3. The van der Waals surface area contributed by atoms with Gasteiger partial charge in [-0.25, -0.2) is 4.79 Å². The van der Waals surface area contributed by atoms with Crippen molar-refractivity contribution in [2.75, 3.05) is 12.3 Å². The summed E-state index contributed by atoms with van der Waals surface area (Å²) in [5.41, 5.74) is 12.4. The van der Waals surface area contributed by atoms with Crippen LogP contribution < -0.4 is 27.4 Å². The predicted octanol–water partition coefficient (Wildman–Crippen LogP) is 0.200. The van der Waals surface area contributed by atoms with E-state index < -0.39 is 47.9 Å². The van der Waals surface area contributed by atoms with Gasteiger partial charge in [-0.3, -0.25) is 14.4 Å².